The molecule has 0 spiro atoms. The predicted octanol–water partition coefficient (Wildman–Crippen LogP) is 4.09. The van der Waals surface area contributed by atoms with Crippen LogP contribution in [-0.2, 0) is 24.3 Å². The van der Waals surface area contributed by atoms with E-state index in [4.69, 9.17) is 4.84 Å². The molecule has 2 aliphatic rings. The molecule has 1 fully saturated rings. The Morgan fingerprint density at radius 3 is 2.82 bits per heavy atom. The fraction of sp³-hybridized carbons (Fsp3) is 0.474. The molecule has 0 unspecified atom stereocenters. The summed E-state index contributed by atoms with van der Waals surface area (Å²) in [5.41, 5.74) is 4.24. The van der Waals surface area contributed by atoms with E-state index >= 15 is 0 Å². The highest BCUT2D eigenvalue weighted by Gasteiger charge is 2.40. The average Bonchev–Trinajstić information content (AvgIpc) is 3.09. The van der Waals surface area contributed by atoms with E-state index in [2.05, 4.69) is 59.0 Å². The summed E-state index contributed by atoms with van der Waals surface area (Å²) in [5.74, 6) is 0. The van der Waals surface area contributed by atoms with Gasteiger partial charge >= 0.3 is 0 Å². The number of aryl methyl sites for hydroxylation is 1. The minimum Gasteiger partial charge on any atom is -0.344 e. The SMILES string of the molecule is CCCCc1ccc2n1C[C@@H]1C[C@H]2N(Cc2ccccc2)O1. The first kappa shape index (κ1) is 14.0. The molecule has 2 aliphatic heterocycles. The lowest BCUT2D eigenvalue weighted by Crippen LogP contribution is -2.24. The van der Waals surface area contributed by atoms with Crippen LogP contribution in [0.3, 0.4) is 0 Å². The largest absolute Gasteiger partial charge is 0.344 e. The maximum atomic E-state index is 6.20. The number of hydrogen-bond acceptors (Lipinski definition) is 2. The molecular formula is C19H24N2O. The smallest absolute Gasteiger partial charge is 0.0991 e. The van der Waals surface area contributed by atoms with Gasteiger partial charge in [0.25, 0.3) is 0 Å². The van der Waals surface area contributed by atoms with E-state index in [0.29, 0.717) is 12.1 Å². The molecule has 0 amide bonds. The maximum Gasteiger partial charge on any atom is 0.0991 e. The van der Waals surface area contributed by atoms with Gasteiger partial charge in [-0.3, -0.25) is 4.84 Å². The molecule has 22 heavy (non-hydrogen) atoms. The summed E-state index contributed by atoms with van der Waals surface area (Å²) in [7, 11) is 0. The topological polar surface area (TPSA) is 17.4 Å². The minimum absolute atomic E-state index is 0.342. The lowest BCUT2D eigenvalue weighted by Gasteiger charge is -2.24. The van der Waals surface area contributed by atoms with Gasteiger partial charge in [-0.15, -0.1) is 0 Å². The lowest BCUT2D eigenvalue weighted by molar-refractivity contribution is -0.167. The van der Waals surface area contributed by atoms with Crippen molar-refractivity contribution in [2.75, 3.05) is 0 Å². The molecule has 0 radical (unpaired) electrons. The van der Waals surface area contributed by atoms with Crippen LogP contribution < -0.4 is 0 Å². The third-order valence-corrected chi connectivity index (χ3v) is 4.92. The molecular weight excluding hydrogens is 272 g/mol. The van der Waals surface area contributed by atoms with Crippen LogP contribution in [0.4, 0.5) is 0 Å². The third kappa shape index (κ3) is 2.49. The van der Waals surface area contributed by atoms with Crippen molar-refractivity contribution in [2.24, 2.45) is 0 Å². The zero-order chi connectivity index (χ0) is 14.9. The molecule has 1 aromatic carbocycles. The average molecular weight is 296 g/mol. The fourth-order valence-electron chi connectivity index (χ4n) is 3.78. The monoisotopic (exact) mass is 296 g/mol. The van der Waals surface area contributed by atoms with Gasteiger partial charge in [0.15, 0.2) is 0 Å². The minimum atomic E-state index is 0.342. The van der Waals surface area contributed by atoms with Crippen molar-refractivity contribution in [1.82, 2.24) is 9.63 Å². The Bertz CT molecular complexity index is 634. The Balaban J connectivity index is 1.56. The first-order valence-corrected chi connectivity index (χ1v) is 8.51. The fourth-order valence-corrected chi connectivity index (χ4v) is 3.78. The maximum absolute atomic E-state index is 6.20. The van der Waals surface area contributed by atoms with Crippen LogP contribution in [0.15, 0.2) is 42.5 Å². The number of nitrogens with zero attached hydrogens (tertiary/aromatic N) is 2. The van der Waals surface area contributed by atoms with E-state index < -0.39 is 0 Å². The highest BCUT2D eigenvalue weighted by atomic mass is 16.7. The van der Waals surface area contributed by atoms with Crippen LogP contribution >= 0.6 is 0 Å². The zero-order valence-corrected chi connectivity index (χ0v) is 13.2. The molecule has 0 saturated carbocycles. The van der Waals surface area contributed by atoms with Crippen LogP contribution in [0.25, 0.3) is 0 Å². The molecule has 3 heteroatoms. The molecule has 2 atom stereocenters. The van der Waals surface area contributed by atoms with Crippen molar-refractivity contribution in [3.05, 3.63) is 59.4 Å². The Morgan fingerprint density at radius 2 is 2.00 bits per heavy atom. The normalized spacial score (nSPS) is 23.7. The quantitative estimate of drug-likeness (QED) is 0.827. The van der Waals surface area contributed by atoms with Gasteiger partial charge in [-0.25, -0.2) is 0 Å². The highest BCUT2D eigenvalue weighted by Crippen LogP contribution is 2.41. The molecule has 4 rings (SSSR count). The standard InChI is InChI=1S/C19H24N2O/c1-2-3-9-16-10-11-18-19-12-17(14-20(16)18)22-21(19)13-15-7-5-4-6-8-15/h4-8,10-11,17,19H,2-3,9,12-14H2,1H3/t17-,19+/m0/s1. The number of fused-ring (bicyclic) bond motifs is 4. The Labute approximate surface area is 132 Å². The second kappa shape index (κ2) is 5.90. The van der Waals surface area contributed by atoms with Crippen molar-refractivity contribution >= 4 is 0 Å². The Kier molecular flexibility index (Phi) is 3.77. The third-order valence-electron chi connectivity index (χ3n) is 4.92. The number of hydrogen-bond donors (Lipinski definition) is 0. The number of hydroxylamine groups is 2. The summed E-state index contributed by atoms with van der Waals surface area (Å²) in [6, 6.07) is 15.7. The summed E-state index contributed by atoms with van der Waals surface area (Å²) in [5, 5.41) is 2.20. The first-order valence-electron chi connectivity index (χ1n) is 8.51. The van der Waals surface area contributed by atoms with Crippen molar-refractivity contribution in [2.45, 2.75) is 57.8 Å². The van der Waals surface area contributed by atoms with Gasteiger partial charge in [-0.05, 0) is 30.5 Å². The summed E-state index contributed by atoms with van der Waals surface area (Å²) in [4.78, 5) is 6.20. The van der Waals surface area contributed by atoms with Gasteiger partial charge in [0.2, 0.25) is 0 Å². The van der Waals surface area contributed by atoms with E-state index in [1.165, 1.54) is 36.2 Å². The molecule has 3 heterocycles. The van der Waals surface area contributed by atoms with Crippen LogP contribution in [0.1, 0.15) is 49.2 Å². The summed E-state index contributed by atoms with van der Waals surface area (Å²) < 4.78 is 2.51. The molecule has 2 bridgehead atoms. The van der Waals surface area contributed by atoms with Crippen molar-refractivity contribution in [3.8, 4) is 0 Å². The Morgan fingerprint density at radius 1 is 1.14 bits per heavy atom. The van der Waals surface area contributed by atoms with Gasteiger partial charge in [-0.1, -0.05) is 43.7 Å². The molecule has 3 nitrogen and oxygen atoms in total. The second-order valence-corrected chi connectivity index (χ2v) is 6.50. The van der Waals surface area contributed by atoms with E-state index in [0.717, 1.165) is 19.5 Å². The van der Waals surface area contributed by atoms with Gasteiger partial charge in [0, 0.05) is 24.4 Å². The first-order chi connectivity index (χ1) is 10.8. The van der Waals surface area contributed by atoms with Crippen molar-refractivity contribution in [3.63, 3.8) is 0 Å². The van der Waals surface area contributed by atoms with Gasteiger partial charge in [0.05, 0.1) is 18.7 Å². The number of rotatable bonds is 5. The summed E-state index contributed by atoms with van der Waals surface area (Å²) in [6.45, 7) is 4.15. The van der Waals surface area contributed by atoms with Gasteiger partial charge in [0.1, 0.15) is 0 Å². The summed E-state index contributed by atoms with van der Waals surface area (Å²) in [6.07, 6.45) is 5.18. The van der Waals surface area contributed by atoms with Crippen LogP contribution in [0.2, 0.25) is 0 Å². The molecule has 2 aromatic rings. The number of benzene rings is 1. The highest BCUT2D eigenvalue weighted by molar-refractivity contribution is 5.24. The van der Waals surface area contributed by atoms with Crippen molar-refractivity contribution < 1.29 is 4.84 Å². The van der Waals surface area contributed by atoms with Crippen LogP contribution in [-0.4, -0.2) is 15.7 Å². The van der Waals surface area contributed by atoms with Gasteiger partial charge in [-0.2, -0.15) is 5.06 Å². The molecule has 1 saturated heterocycles. The van der Waals surface area contributed by atoms with Crippen LogP contribution in [0, 0.1) is 0 Å². The van der Waals surface area contributed by atoms with Crippen molar-refractivity contribution in [1.29, 1.82) is 0 Å². The summed E-state index contributed by atoms with van der Waals surface area (Å²) >= 11 is 0. The molecule has 0 aliphatic carbocycles. The molecule has 116 valence electrons. The van der Waals surface area contributed by atoms with Gasteiger partial charge < -0.3 is 4.57 Å². The van der Waals surface area contributed by atoms with E-state index in [-0.39, 0.29) is 0 Å². The lowest BCUT2D eigenvalue weighted by atomic mass is 10.0. The van der Waals surface area contributed by atoms with E-state index in [1.807, 2.05) is 0 Å². The van der Waals surface area contributed by atoms with E-state index in [9.17, 15) is 0 Å². The zero-order valence-electron chi connectivity index (χ0n) is 13.2. The number of aromatic nitrogens is 1. The Hall–Kier alpha value is -1.58. The number of unbranched alkanes of at least 4 members (excludes halogenated alkanes) is 1. The molecule has 1 aromatic heterocycles. The van der Waals surface area contributed by atoms with Crippen LogP contribution in [0.5, 0.6) is 0 Å². The molecule has 0 N–H and O–H groups in total. The van der Waals surface area contributed by atoms with E-state index in [1.54, 1.807) is 0 Å². The predicted molar refractivity (Wildman–Crippen MR) is 87.3 cm³/mol. The second-order valence-electron chi connectivity index (χ2n) is 6.50.